The third kappa shape index (κ3) is 3.15. The Balaban J connectivity index is 1.84. The highest BCUT2D eigenvalue weighted by Gasteiger charge is 2.34. The summed E-state index contributed by atoms with van der Waals surface area (Å²) in [5.41, 5.74) is 6.19. The molecule has 0 radical (unpaired) electrons. The second kappa shape index (κ2) is 5.39. The second-order valence-corrected chi connectivity index (χ2v) is 7.97. The van der Waals surface area contributed by atoms with Crippen LogP contribution in [0.4, 0.5) is 0 Å². The predicted molar refractivity (Wildman–Crippen MR) is 79.4 cm³/mol. The summed E-state index contributed by atoms with van der Waals surface area (Å²) in [4.78, 5) is 0.322. The van der Waals surface area contributed by atoms with Crippen LogP contribution in [0.15, 0.2) is 17.2 Å². The molecule has 6 nitrogen and oxygen atoms in total. The topological polar surface area (TPSA) is 86.4 Å². The molecule has 21 heavy (non-hydrogen) atoms. The Morgan fingerprint density at radius 1 is 1.43 bits per heavy atom. The van der Waals surface area contributed by atoms with Crippen LogP contribution in [0.1, 0.15) is 44.3 Å². The summed E-state index contributed by atoms with van der Waals surface area (Å²) >= 11 is 0. The van der Waals surface area contributed by atoms with E-state index in [1.165, 1.54) is 0 Å². The Kier molecular flexibility index (Phi) is 3.85. The van der Waals surface area contributed by atoms with Crippen LogP contribution in [0.3, 0.4) is 0 Å². The maximum absolute atomic E-state index is 12.6. The monoisotopic (exact) mass is 313 g/mol. The number of aromatic nitrogens is 1. The fourth-order valence-electron chi connectivity index (χ4n) is 2.81. The summed E-state index contributed by atoms with van der Waals surface area (Å²) in [6, 6.07) is 2.12. The van der Waals surface area contributed by atoms with Gasteiger partial charge in [0.25, 0.3) is 0 Å². The third-order valence-corrected chi connectivity index (χ3v) is 5.95. The first-order valence-corrected chi connectivity index (χ1v) is 8.94. The van der Waals surface area contributed by atoms with E-state index in [1.54, 1.807) is 12.3 Å². The number of hydrogen-bond acceptors (Lipinski definition) is 4. The highest BCUT2D eigenvalue weighted by atomic mass is 32.2. The van der Waals surface area contributed by atoms with Crippen LogP contribution in [-0.4, -0.2) is 31.7 Å². The first-order chi connectivity index (χ1) is 9.93. The van der Waals surface area contributed by atoms with Crippen molar-refractivity contribution >= 4 is 10.0 Å². The zero-order valence-corrected chi connectivity index (χ0v) is 13.2. The highest BCUT2D eigenvalue weighted by Crippen LogP contribution is 2.37. The van der Waals surface area contributed by atoms with Gasteiger partial charge in [-0.05, 0) is 38.7 Å². The minimum atomic E-state index is -3.52. The van der Waals surface area contributed by atoms with Crippen molar-refractivity contribution in [2.24, 2.45) is 5.73 Å². The van der Waals surface area contributed by atoms with Gasteiger partial charge in [0.15, 0.2) is 0 Å². The van der Waals surface area contributed by atoms with Crippen LogP contribution in [0.5, 0.6) is 0 Å². The van der Waals surface area contributed by atoms with Crippen molar-refractivity contribution in [3.8, 4) is 0 Å². The number of hydrogen-bond donors (Lipinski definition) is 2. The van der Waals surface area contributed by atoms with Gasteiger partial charge in [-0.3, -0.25) is 0 Å². The zero-order valence-electron chi connectivity index (χ0n) is 12.3. The summed E-state index contributed by atoms with van der Waals surface area (Å²) in [6.07, 6.45) is 5.32. The molecule has 0 spiro atoms. The van der Waals surface area contributed by atoms with Crippen molar-refractivity contribution < 1.29 is 13.2 Å². The first kappa shape index (κ1) is 15.0. The second-order valence-electron chi connectivity index (χ2n) is 6.29. The van der Waals surface area contributed by atoms with Crippen LogP contribution >= 0.6 is 0 Å². The Bertz CT molecular complexity index is 613. The number of nitrogens with one attached hydrogen (secondary N) is 1. The van der Waals surface area contributed by atoms with E-state index in [0.29, 0.717) is 43.5 Å². The average molecular weight is 313 g/mol. The van der Waals surface area contributed by atoms with Gasteiger partial charge < -0.3 is 15.0 Å². The zero-order chi connectivity index (χ0) is 15.1. The molecule has 7 heteroatoms. The lowest BCUT2D eigenvalue weighted by atomic mass is 9.94. The molecule has 1 saturated heterocycles. The molecule has 1 aliphatic carbocycles. The first-order valence-electron chi connectivity index (χ1n) is 7.46. The molecule has 1 aromatic rings. The highest BCUT2D eigenvalue weighted by molar-refractivity contribution is 7.89. The maximum atomic E-state index is 12.6. The third-order valence-electron chi connectivity index (χ3n) is 4.34. The van der Waals surface area contributed by atoms with E-state index in [4.69, 9.17) is 10.5 Å². The number of rotatable bonds is 5. The van der Waals surface area contributed by atoms with Crippen molar-refractivity contribution in [2.75, 3.05) is 13.2 Å². The van der Waals surface area contributed by atoms with Gasteiger partial charge in [0.1, 0.15) is 0 Å². The van der Waals surface area contributed by atoms with Gasteiger partial charge in [0.05, 0.1) is 4.90 Å². The van der Waals surface area contributed by atoms with Gasteiger partial charge in [-0.1, -0.05) is 0 Å². The number of ether oxygens (including phenoxy) is 1. The molecule has 0 atom stereocenters. The van der Waals surface area contributed by atoms with Crippen molar-refractivity contribution in [1.82, 2.24) is 9.29 Å². The fourth-order valence-corrected chi connectivity index (χ4v) is 4.32. The maximum Gasteiger partial charge on any atom is 0.242 e. The summed E-state index contributed by atoms with van der Waals surface area (Å²) in [5.74, 6) is 0. The predicted octanol–water partition coefficient (Wildman–Crippen LogP) is 1.13. The molecule has 0 bridgehead atoms. The average Bonchev–Trinajstić information content (AvgIpc) is 3.17. The number of nitrogens with two attached hydrogens (primary N) is 1. The standard InChI is InChI=1S/C14H23N3O3S/c1-14(4-6-20-7-5-14)16-21(18,19)13-8-12(9-15)17(10-13)11-2-3-11/h8,10-11,16H,2-7,9,15H2,1H3. The molecule has 1 aromatic heterocycles. The van der Waals surface area contributed by atoms with Gasteiger partial charge in [-0.25, -0.2) is 13.1 Å². The van der Waals surface area contributed by atoms with E-state index in [9.17, 15) is 8.42 Å². The SMILES string of the molecule is CC1(NS(=O)(=O)c2cc(CN)n(C3CC3)c2)CCOCC1. The summed E-state index contributed by atoms with van der Waals surface area (Å²) in [5, 5.41) is 0. The van der Waals surface area contributed by atoms with Gasteiger partial charge >= 0.3 is 0 Å². The van der Waals surface area contributed by atoms with E-state index in [-0.39, 0.29) is 0 Å². The van der Waals surface area contributed by atoms with Crippen LogP contribution in [-0.2, 0) is 21.3 Å². The molecule has 1 saturated carbocycles. The van der Waals surface area contributed by atoms with E-state index in [2.05, 4.69) is 4.72 Å². The molecular weight excluding hydrogens is 290 g/mol. The normalized spacial score (nSPS) is 22.4. The summed E-state index contributed by atoms with van der Waals surface area (Å²) in [6.45, 7) is 3.48. The van der Waals surface area contributed by atoms with Crippen molar-refractivity contribution in [2.45, 2.75) is 55.6 Å². The lowest BCUT2D eigenvalue weighted by molar-refractivity contribution is 0.0537. The largest absolute Gasteiger partial charge is 0.381 e. The summed E-state index contributed by atoms with van der Waals surface area (Å²) < 4.78 is 35.4. The Hall–Kier alpha value is -0.890. The van der Waals surface area contributed by atoms with E-state index in [1.807, 2.05) is 11.5 Å². The number of nitrogens with zero attached hydrogens (tertiary/aromatic N) is 1. The molecule has 0 unspecified atom stereocenters. The fraction of sp³-hybridized carbons (Fsp3) is 0.714. The van der Waals surface area contributed by atoms with Crippen molar-refractivity contribution in [3.05, 3.63) is 18.0 Å². The van der Waals surface area contributed by atoms with E-state index in [0.717, 1.165) is 18.5 Å². The van der Waals surface area contributed by atoms with Crippen LogP contribution in [0.25, 0.3) is 0 Å². The van der Waals surface area contributed by atoms with E-state index < -0.39 is 15.6 Å². The molecule has 118 valence electrons. The minimum Gasteiger partial charge on any atom is -0.381 e. The molecule has 0 amide bonds. The Labute approximate surface area is 125 Å². The molecule has 2 fully saturated rings. The molecule has 3 N–H and O–H groups in total. The smallest absolute Gasteiger partial charge is 0.242 e. The van der Waals surface area contributed by atoms with Gasteiger partial charge in [0.2, 0.25) is 10.0 Å². The lowest BCUT2D eigenvalue weighted by Gasteiger charge is -2.33. The molecule has 3 rings (SSSR count). The van der Waals surface area contributed by atoms with Crippen LogP contribution in [0, 0.1) is 0 Å². The van der Waals surface area contributed by atoms with Crippen LogP contribution < -0.4 is 10.5 Å². The lowest BCUT2D eigenvalue weighted by Crippen LogP contribution is -2.49. The quantitative estimate of drug-likeness (QED) is 0.853. The van der Waals surface area contributed by atoms with Crippen molar-refractivity contribution in [1.29, 1.82) is 0 Å². The van der Waals surface area contributed by atoms with Gasteiger partial charge in [-0.2, -0.15) is 0 Å². The molecule has 2 aliphatic rings. The molecule has 0 aromatic carbocycles. The van der Waals surface area contributed by atoms with Crippen LogP contribution in [0.2, 0.25) is 0 Å². The minimum absolute atomic E-state index is 0.322. The van der Waals surface area contributed by atoms with E-state index >= 15 is 0 Å². The molecule has 1 aliphatic heterocycles. The molecular formula is C14H23N3O3S. The van der Waals surface area contributed by atoms with Gasteiger partial charge in [-0.15, -0.1) is 0 Å². The van der Waals surface area contributed by atoms with Crippen molar-refractivity contribution in [3.63, 3.8) is 0 Å². The Morgan fingerprint density at radius 3 is 2.67 bits per heavy atom. The summed E-state index contributed by atoms with van der Waals surface area (Å²) in [7, 11) is -3.52. The molecule has 2 heterocycles. The van der Waals surface area contributed by atoms with Gasteiger partial charge in [0, 0.05) is 43.2 Å². The Morgan fingerprint density at radius 2 is 2.10 bits per heavy atom. The number of sulfonamides is 1.